The second-order valence-electron chi connectivity index (χ2n) is 4.72. The third-order valence-electron chi connectivity index (χ3n) is 4.34. The van der Waals surface area contributed by atoms with Gasteiger partial charge in [0.25, 0.3) is 0 Å². The van der Waals surface area contributed by atoms with Crippen LogP contribution in [0, 0.1) is 5.92 Å². The third-order valence-corrected chi connectivity index (χ3v) is 4.34. The molecule has 0 heterocycles. The minimum absolute atomic E-state index is 0.628. The van der Waals surface area contributed by atoms with E-state index in [9.17, 15) is 0 Å². The molecule has 0 aliphatic heterocycles. The molecule has 12 heavy (non-hydrogen) atoms. The first-order valence-electron chi connectivity index (χ1n) is 5.48. The predicted octanol–water partition coefficient (Wildman–Crippen LogP) is 2.66. The van der Waals surface area contributed by atoms with Crippen LogP contribution in [0.25, 0.3) is 0 Å². The van der Waals surface area contributed by atoms with Gasteiger partial charge in [0.15, 0.2) is 0 Å². The van der Waals surface area contributed by atoms with Crippen molar-refractivity contribution in [2.45, 2.75) is 51.0 Å². The highest BCUT2D eigenvalue weighted by Gasteiger charge is 2.42. The van der Waals surface area contributed by atoms with Gasteiger partial charge >= 0.3 is 0 Å². The zero-order valence-corrected chi connectivity index (χ0v) is 8.47. The van der Waals surface area contributed by atoms with Gasteiger partial charge in [0.05, 0.1) is 0 Å². The van der Waals surface area contributed by atoms with Crippen molar-refractivity contribution in [3.63, 3.8) is 0 Å². The van der Waals surface area contributed by atoms with Gasteiger partial charge in [0.1, 0.15) is 0 Å². The van der Waals surface area contributed by atoms with Crippen molar-refractivity contribution in [2.75, 3.05) is 13.6 Å². The molecule has 0 unspecified atom stereocenters. The average Bonchev–Trinajstić information content (AvgIpc) is 2.19. The molecule has 0 radical (unpaired) electrons. The summed E-state index contributed by atoms with van der Waals surface area (Å²) in [6.07, 6.45) is 8.94. The molecule has 3 rings (SSSR count). The van der Waals surface area contributed by atoms with Crippen LogP contribution in [-0.2, 0) is 0 Å². The molecule has 2 bridgehead atoms. The molecule has 1 heteroatoms. The summed E-state index contributed by atoms with van der Waals surface area (Å²) < 4.78 is 0. The molecule has 0 atom stereocenters. The van der Waals surface area contributed by atoms with E-state index < -0.39 is 0 Å². The maximum atomic E-state index is 2.60. The summed E-state index contributed by atoms with van der Waals surface area (Å²) in [7, 11) is 2.31. The zero-order valence-electron chi connectivity index (χ0n) is 8.47. The van der Waals surface area contributed by atoms with E-state index in [0.29, 0.717) is 5.54 Å². The molecule has 3 saturated carbocycles. The normalized spacial score (nSPS) is 40.8. The Labute approximate surface area is 76.1 Å². The number of hydrogen-bond donors (Lipinski definition) is 0. The standard InChI is InChI=1S/C11H21N/c1-3-12(2)11-7-4-10(5-8-11)6-9-11/h10H,3-9H2,1-2H3. The monoisotopic (exact) mass is 167 g/mol. The van der Waals surface area contributed by atoms with E-state index in [0.717, 1.165) is 5.92 Å². The first-order valence-corrected chi connectivity index (χ1v) is 5.48. The van der Waals surface area contributed by atoms with Crippen molar-refractivity contribution in [1.82, 2.24) is 4.90 Å². The van der Waals surface area contributed by atoms with Crippen LogP contribution in [0.2, 0.25) is 0 Å². The molecular weight excluding hydrogens is 146 g/mol. The van der Waals surface area contributed by atoms with Gasteiger partial charge in [0.2, 0.25) is 0 Å². The molecule has 0 aromatic carbocycles. The minimum Gasteiger partial charge on any atom is -0.301 e. The Bertz CT molecular complexity index is 143. The van der Waals surface area contributed by atoms with Crippen LogP contribution in [-0.4, -0.2) is 24.0 Å². The highest BCUT2D eigenvalue weighted by molar-refractivity contribution is 4.98. The van der Waals surface area contributed by atoms with E-state index in [1.165, 1.54) is 45.1 Å². The Morgan fingerprint density at radius 2 is 1.67 bits per heavy atom. The molecular formula is C11H21N. The fourth-order valence-electron chi connectivity index (χ4n) is 3.13. The van der Waals surface area contributed by atoms with Gasteiger partial charge in [-0.05, 0) is 58.0 Å². The van der Waals surface area contributed by atoms with E-state index >= 15 is 0 Å². The fourth-order valence-corrected chi connectivity index (χ4v) is 3.13. The van der Waals surface area contributed by atoms with Crippen LogP contribution >= 0.6 is 0 Å². The van der Waals surface area contributed by atoms with Crippen LogP contribution in [0.15, 0.2) is 0 Å². The second-order valence-corrected chi connectivity index (χ2v) is 4.72. The van der Waals surface area contributed by atoms with E-state index in [1.807, 2.05) is 0 Å². The van der Waals surface area contributed by atoms with Crippen LogP contribution in [0.1, 0.15) is 45.4 Å². The Hall–Kier alpha value is -0.0400. The summed E-state index contributed by atoms with van der Waals surface area (Å²) in [6, 6.07) is 0. The van der Waals surface area contributed by atoms with Gasteiger partial charge in [-0.1, -0.05) is 6.92 Å². The number of fused-ring (bicyclic) bond motifs is 3. The van der Waals surface area contributed by atoms with E-state index in [2.05, 4.69) is 18.9 Å². The lowest BCUT2D eigenvalue weighted by Gasteiger charge is -2.51. The quantitative estimate of drug-likeness (QED) is 0.611. The Kier molecular flexibility index (Phi) is 2.16. The summed E-state index contributed by atoms with van der Waals surface area (Å²) in [6.45, 7) is 3.51. The van der Waals surface area contributed by atoms with Crippen LogP contribution < -0.4 is 0 Å². The minimum atomic E-state index is 0.628. The number of nitrogens with zero attached hydrogens (tertiary/aromatic N) is 1. The van der Waals surface area contributed by atoms with Crippen molar-refractivity contribution >= 4 is 0 Å². The molecule has 3 aliphatic carbocycles. The topological polar surface area (TPSA) is 3.24 Å². The Balaban J connectivity index is 2.08. The number of hydrogen-bond acceptors (Lipinski definition) is 1. The Morgan fingerprint density at radius 3 is 2.08 bits per heavy atom. The first-order chi connectivity index (χ1) is 5.77. The smallest absolute Gasteiger partial charge is 0.0206 e. The van der Waals surface area contributed by atoms with Crippen LogP contribution in [0.3, 0.4) is 0 Å². The lowest BCUT2D eigenvalue weighted by molar-refractivity contribution is 0.00871. The van der Waals surface area contributed by atoms with E-state index in [-0.39, 0.29) is 0 Å². The lowest BCUT2D eigenvalue weighted by atomic mass is 9.65. The molecule has 3 aliphatic rings. The largest absolute Gasteiger partial charge is 0.301 e. The highest BCUT2D eigenvalue weighted by Crippen LogP contribution is 2.46. The van der Waals surface area contributed by atoms with Gasteiger partial charge < -0.3 is 4.90 Å². The van der Waals surface area contributed by atoms with Crippen molar-refractivity contribution in [1.29, 1.82) is 0 Å². The van der Waals surface area contributed by atoms with Gasteiger partial charge in [-0.2, -0.15) is 0 Å². The summed E-state index contributed by atoms with van der Waals surface area (Å²) in [5.74, 6) is 1.09. The van der Waals surface area contributed by atoms with Crippen LogP contribution in [0.4, 0.5) is 0 Å². The molecule has 0 spiro atoms. The van der Waals surface area contributed by atoms with Crippen molar-refractivity contribution < 1.29 is 0 Å². The predicted molar refractivity (Wildman–Crippen MR) is 52.2 cm³/mol. The van der Waals surface area contributed by atoms with Gasteiger partial charge in [-0.3, -0.25) is 0 Å². The maximum Gasteiger partial charge on any atom is 0.0206 e. The molecule has 1 nitrogen and oxygen atoms in total. The second kappa shape index (κ2) is 3.02. The van der Waals surface area contributed by atoms with Crippen molar-refractivity contribution in [3.8, 4) is 0 Å². The van der Waals surface area contributed by atoms with Crippen molar-refractivity contribution in [3.05, 3.63) is 0 Å². The van der Waals surface area contributed by atoms with E-state index in [1.54, 1.807) is 0 Å². The molecule has 0 aromatic rings. The number of rotatable bonds is 2. The highest BCUT2D eigenvalue weighted by atomic mass is 15.2. The van der Waals surface area contributed by atoms with Gasteiger partial charge in [-0.25, -0.2) is 0 Å². The van der Waals surface area contributed by atoms with Crippen molar-refractivity contribution in [2.24, 2.45) is 5.92 Å². The summed E-state index contributed by atoms with van der Waals surface area (Å²) in [4.78, 5) is 2.60. The maximum absolute atomic E-state index is 2.60. The van der Waals surface area contributed by atoms with Gasteiger partial charge in [-0.15, -0.1) is 0 Å². The molecule has 0 N–H and O–H groups in total. The zero-order chi connectivity index (χ0) is 8.60. The van der Waals surface area contributed by atoms with Gasteiger partial charge in [0, 0.05) is 5.54 Å². The average molecular weight is 167 g/mol. The molecule has 0 aromatic heterocycles. The SMILES string of the molecule is CCN(C)C12CCC(CC1)CC2. The van der Waals surface area contributed by atoms with Crippen LogP contribution in [0.5, 0.6) is 0 Å². The lowest BCUT2D eigenvalue weighted by Crippen LogP contribution is -2.52. The molecule has 0 saturated heterocycles. The summed E-state index contributed by atoms with van der Waals surface area (Å²) in [5, 5.41) is 0. The van der Waals surface area contributed by atoms with E-state index in [4.69, 9.17) is 0 Å². The molecule has 0 amide bonds. The summed E-state index contributed by atoms with van der Waals surface area (Å²) in [5.41, 5.74) is 0.628. The Morgan fingerprint density at radius 1 is 1.17 bits per heavy atom. The molecule has 70 valence electrons. The molecule has 3 fully saturated rings. The summed E-state index contributed by atoms with van der Waals surface area (Å²) >= 11 is 0. The fraction of sp³-hybridized carbons (Fsp3) is 1.00. The third kappa shape index (κ3) is 1.19. The first kappa shape index (κ1) is 8.55.